The molecule has 0 aromatic heterocycles. The quantitative estimate of drug-likeness (QED) is 0.522. The Morgan fingerprint density at radius 2 is 1.82 bits per heavy atom. The van der Waals surface area contributed by atoms with Gasteiger partial charge in [-0.15, -0.1) is 11.8 Å². The molecule has 1 atom stereocenters. The Hall–Kier alpha value is -2.68. The third kappa shape index (κ3) is 4.83. The molecule has 2 fully saturated rings. The highest BCUT2D eigenvalue weighted by molar-refractivity contribution is 7.98. The molecule has 5 rings (SSSR count). The molecule has 7 nitrogen and oxygen atoms in total. The number of ether oxygens (including phenoxy) is 1. The van der Waals surface area contributed by atoms with Crippen molar-refractivity contribution in [2.75, 3.05) is 26.3 Å². The van der Waals surface area contributed by atoms with E-state index in [0.29, 0.717) is 18.5 Å². The molecule has 2 aromatic carbocycles. The average molecular weight is 466 g/mol. The van der Waals surface area contributed by atoms with Crippen molar-refractivity contribution in [3.05, 3.63) is 64.7 Å². The van der Waals surface area contributed by atoms with Crippen LogP contribution in [0.15, 0.2) is 47.4 Å². The van der Waals surface area contributed by atoms with E-state index in [-0.39, 0.29) is 24.1 Å². The molecule has 3 heterocycles. The lowest BCUT2D eigenvalue weighted by atomic mass is 10.0. The summed E-state index contributed by atoms with van der Waals surface area (Å²) >= 11 is 1.72. The number of carbonyl (C=O) groups is 3. The van der Waals surface area contributed by atoms with Crippen LogP contribution in [-0.2, 0) is 33.2 Å². The molecule has 3 aliphatic rings. The maximum Gasteiger partial charge on any atom is 0.255 e. The Balaban J connectivity index is 1.26. The van der Waals surface area contributed by atoms with E-state index in [9.17, 15) is 14.4 Å². The lowest BCUT2D eigenvalue weighted by Gasteiger charge is -2.29. The van der Waals surface area contributed by atoms with E-state index in [4.69, 9.17) is 4.74 Å². The predicted octanol–water partition coefficient (Wildman–Crippen LogP) is 2.57. The van der Waals surface area contributed by atoms with Crippen LogP contribution in [0.1, 0.15) is 39.9 Å². The van der Waals surface area contributed by atoms with Crippen molar-refractivity contribution in [1.82, 2.24) is 15.1 Å². The number of rotatable bonds is 6. The highest BCUT2D eigenvalue weighted by Crippen LogP contribution is 2.35. The summed E-state index contributed by atoms with van der Waals surface area (Å²) in [7, 11) is 0. The molecule has 33 heavy (non-hydrogen) atoms. The van der Waals surface area contributed by atoms with Gasteiger partial charge in [-0.2, -0.15) is 0 Å². The number of thioether (sulfide) groups is 1. The number of piperidine rings is 1. The van der Waals surface area contributed by atoms with Crippen LogP contribution in [0.4, 0.5) is 0 Å². The zero-order valence-corrected chi connectivity index (χ0v) is 19.2. The minimum absolute atomic E-state index is 0.130. The summed E-state index contributed by atoms with van der Waals surface area (Å²) < 4.78 is 5.44. The maximum atomic E-state index is 13.0. The lowest BCUT2D eigenvalue weighted by molar-refractivity contribution is -0.136. The number of hydrogen-bond acceptors (Lipinski definition) is 6. The number of morpholine rings is 1. The van der Waals surface area contributed by atoms with Crippen LogP contribution in [0.3, 0.4) is 0 Å². The second-order valence-corrected chi connectivity index (χ2v) is 9.70. The number of hydrogen-bond donors (Lipinski definition) is 1. The van der Waals surface area contributed by atoms with Gasteiger partial charge >= 0.3 is 0 Å². The molecule has 0 aliphatic carbocycles. The minimum Gasteiger partial charge on any atom is -0.379 e. The van der Waals surface area contributed by atoms with Gasteiger partial charge in [-0.05, 0) is 35.2 Å². The van der Waals surface area contributed by atoms with Gasteiger partial charge in [0.1, 0.15) is 6.04 Å². The van der Waals surface area contributed by atoms with Crippen LogP contribution in [0.25, 0.3) is 0 Å². The lowest BCUT2D eigenvalue weighted by Crippen LogP contribution is -2.52. The van der Waals surface area contributed by atoms with E-state index >= 15 is 0 Å². The number of carbonyl (C=O) groups excluding carboxylic acids is 3. The van der Waals surface area contributed by atoms with E-state index in [1.165, 1.54) is 11.1 Å². The van der Waals surface area contributed by atoms with Crippen molar-refractivity contribution in [3.63, 3.8) is 0 Å². The van der Waals surface area contributed by atoms with Gasteiger partial charge in [0.15, 0.2) is 0 Å². The van der Waals surface area contributed by atoms with E-state index in [1.807, 2.05) is 18.2 Å². The van der Waals surface area contributed by atoms with E-state index in [2.05, 4.69) is 34.5 Å². The predicted molar refractivity (Wildman–Crippen MR) is 125 cm³/mol. The van der Waals surface area contributed by atoms with Gasteiger partial charge in [0, 0.05) is 48.8 Å². The molecular weight excluding hydrogens is 438 g/mol. The van der Waals surface area contributed by atoms with Crippen molar-refractivity contribution in [2.45, 2.75) is 42.6 Å². The fraction of sp³-hybridized carbons (Fsp3) is 0.400. The van der Waals surface area contributed by atoms with Gasteiger partial charge in [-0.3, -0.25) is 24.6 Å². The Kier molecular flexibility index (Phi) is 6.48. The van der Waals surface area contributed by atoms with Gasteiger partial charge < -0.3 is 9.64 Å². The first kappa shape index (κ1) is 22.1. The van der Waals surface area contributed by atoms with Crippen LogP contribution in [0.2, 0.25) is 0 Å². The fourth-order valence-corrected chi connectivity index (χ4v) is 5.71. The normalized spacial score (nSPS) is 21.3. The number of imide groups is 1. The van der Waals surface area contributed by atoms with Crippen LogP contribution >= 0.6 is 11.8 Å². The molecule has 8 heteroatoms. The van der Waals surface area contributed by atoms with Crippen LogP contribution in [0.5, 0.6) is 0 Å². The largest absolute Gasteiger partial charge is 0.379 e. The second kappa shape index (κ2) is 9.67. The van der Waals surface area contributed by atoms with Crippen LogP contribution in [0, 0.1) is 0 Å². The number of nitrogens with zero attached hydrogens (tertiary/aromatic N) is 2. The van der Waals surface area contributed by atoms with E-state index in [0.717, 1.165) is 49.1 Å². The van der Waals surface area contributed by atoms with E-state index in [1.54, 1.807) is 16.7 Å². The van der Waals surface area contributed by atoms with Gasteiger partial charge in [0.25, 0.3) is 5.91 Å². The molecule has 3 aliphatic heterocycles. The summed E-state index contributed by atoms with van der Waals surface area (Å²) in [5, 5.41) is 2.36. The summed E-state index contributed by atoms with van der Waals surface area (Å²) in [5.74, 6) is 0.0284. The molecule has 0 radical (unpaired) electrons. The number of benzene rings is 2. The van der Waals surface area contributed by atoms with Gasteiger partial charge in [0.05, 0.1) is 13.2 Å². The fourth-order valence-electron chi connectivity index (χ4n) is 4.69. The smallest absolute Gasteiger partial charge is 0.255 e. The topological polar surface area (TPSA) is 79.0 Å². The van der Waals surface area contributed by atoms with Crippen molar-refractivity contribution < 1.29 is 19.1 Å². The van der Waals surface area contributed by atoms with Crippen molar-refractivity contribution >= 4 is 29.5 Å². The zero-order valence-electron chi connectivity index (χ0n) is 18.4. The molecule has 0 bridgehead atoms. The summed E-state index contributed by atoms with van der Waals surface area (Å²) in [6.07, 6.45) is 0.641. The average Bonchev–Trinajstić information content (AvgIpc) is 3.15. The molecule has 2 saturated heterocycles. The Bertz CT molecular complexity index is 1080. The zero-order chi connectivity index (χ0) is 22.8. The van der Waals surface area contributed by atoms with Crippen LogP contribution < -0.4 is 5.32 Å². The molecule has 2 aromatic rings. The molecule has 172 valence electrons. The second-order valence-electron chi connectivity index (χ2n) is 8.68. The van der Waals surface area contributed by atoms with Gasteiger partial charge in [-0.1, -0.05) is 30.3 Å². The van der Waals surface area contributed by atoms with Gasteiger partial charge in [0.2, 0.25) is 11.8 Å². The molecule has 0 saturated carbocycles. The molecule has 1 unspecified atom stereocenters. The molecular formula is C25H27N3O4S. The third-order valence-corrected chi connectivity index (χ3v) is 7.61. The molecule has 3 amide bonds. The Morgan fingerprint density at radius 1 is 1.03 bits per heavy atom. The first-order valence-corrected chi connectivity index (χ1v) is 12.3. The SMILES string of the molecule is O=C1CCC(N2Cc3c(SCc4cccc(CN5CCOCC5)c4)cccc3C2=O)C(=O)N1. The molecule has 0 spiro atoms. The highest BCUT2D eigenvalue weighted by Gasteiger charge is 2.39. The summed E-state index contributed by atoms with van der Waals surface area (Å²) in [6.45, 7) is 4.85. The molecule has 1 N–H and O–H groups in total. The minimum atomic E-state index is -0.586. The number of amides is 3. The van der Waals surface area contributed by atoms with Crippen molar-refractivity contribution in [3.8, 4) is 0 Å². The highest BCUT2D eigenvalue weighted by atomic mass is 32.2. The summed E-state index contributed by atoms with van der Waals surface area (Å²) in [4.78, 5) is 41.9. The number of fused-ring (bicyclic) bond motifs is 1. The Labute approximate surface area is 197 Å². The maximum absolute atomic E-state index is 13.0. The monoisotopic (exact) mass is 465 g/mol. The first-order chi connectivity index (χ1) is 16.1. The third-order valence-electron chi connectivity index (χ3n) is 6.43. The Morgan fingerprint density at radius 3 is 2.64 bits per heavy atom. The van der Waals surface area contributed by atoms with Crippen molar-refractivity contribution in [2.24, 2.45) is 0 Å². The van der Waals surface area contributed by atoms with Gasteiger partial charge in [-0.25, -0.2) is 0 Å². The summed E-state index contributed by atoms with van der Waals surface area (Å²) in [5.41, 5.74) is 4.18. The van der Waals surface area contributed by atoms with Crippen molar-refractivity contribution in [1.29, 1.82) is 0 Å². The summed E-state index contributed by atoms with van der Waals surface area (Å²) in [6, 6.07) is 13.9. The van der Waals surface area contributed by atoms with Crippen LogP contribution in [-0.4, -0.2) is 59.9 Å². The van der Waals surface area contributed by atoms with E-state index < -0.39 is 6.04 Å². The first-order valence-electron chi connectivity index (χ1n) is 11.4. The number of nitrogens with one attached hydrogen (secondary N) is 1. The standard InChI is InChI=1S/C25H27N3O4S/c29-23-8-7-21(24(30)26-23)28-15-20-19(25(28)31)5-2-6-22(20)33-16-18-4-1-3-17(13-18)14-27-9-11-32-12-10-27/h1-6,13,21H,7-12,14-16H2,(H,26,29,30).